The Balaban J connectivity index is 1.28. The normalized spacial score (nSPS) is 14.3. The number of H-pyrrole nitrogens is 2. The molecule has 160 valence electrons. The summed E-state index contributed by atoms with van der Waals surface area (Å²) < 4.78 is 5.42. The van der Waals surface area contributed by atoms with Crippen LogP contribution in [0.5, 0.6) is 0 Å². The molecule has 1 aliphatic rings. The maximum Gasteiger partial charge on any atom is 0.183 e. The number of imidazole rings is 2. The second kappa shape index (κ2) is 7.89. The molecule has 0 radical (unpaired) electrons. The van der Waals surface area contributed by atoms with Crippen molar-refractivity contribution in [3.05, 3.63) is 54.7 Å². The molecule has 1 fully saturated rings. The average Bonchev–Trinajstić information content (AvgIpc) is 3.50. The first-order valence-electron chi connectivity index (χ1n) is 10.5. The van der Waals surface area contributed by atoms with E-state index in [-0.39, 0.29) is 0 Å². The number of morpholine rings is 1. The summed E-state index contributed by atoms with van der Waals surface area (Å²) in [4.78, 5) is 31.6. The van der Waals surface area contributed by atoms with E-state index in [0.29, 0.717) is 23.8 Å². The Hall–Kier alpha value is -4.05. The van der Waals surface area contributed by atoms with Gasteiger partial charge in [-0.3, -0.25) is 0 Å². The highest BCUT2D eigenvalue weighted by Crippen LogP contribution is 2.24. The largest absolute Gasteiger partial charge is 0.378 e. The van der Waals surface area contributed by atoms with Gasteiger partial charge in [-0.25, -0.2) is 24.9 Å². The van der Waals surface area contributed by atoms with E-state index in [0.717, 1.165) is 60.1 Å². The third-order valence-electron chi connectivity index (χ3n) is 5.49. The molecule has 0 aliphatic carbocycles. The van der Waals surface area contributed by atoms with E-state index in [1.807, 2.05) is 42.6 Å². The maximum absolute atomic E-state index is 5.42. The number of fused-ring (bicyclic) bond motifs is 2. The zero-order valence-electron chi connectivity index (χ0n) is 17.2. The third-order valence-corrected chi connectivity index (χ3v) is 5.49. The van der Waals surface area contributed by atoms with Crippen molar-refractivity contribution >= 4 is 33.8 Å². The van der Waals surface area contributed by atoms with Gasteiger partial charge in [-0.1, -0.05) is 12.1 Å². The molecule has 0 bridgehead atoms. The van der Waals surface area contributed by atoms with Gasteiger partial charge in [0, 0.05) is 24.8 Å². The van der Waals surface area contributed by atoms with Gasteiger partial charge < -0.3 is 24.9 Å². The van der Waals surface area contributed by atoms with E-state index in [4.69, 9.17) is 9.72 Å². The number of hydrogen-bond acceptors (Lipinski definition) is 8. The smallest absolute Gasteiger partial charge is 0.183 e. The molecule has 0 spiro atoms. The van der Waals surface area contributed by atoms with Crippen molar-refractivity contribution in [1.29, 1.82) is 0 Å². The summed E-state index contributed by atoms with van der Waals surface area (Å²) in [5.41, 5.74) is 4.12. The lowest BCUT2D eigenvalue weighted by Gasteiger charge is -2.27. The minimum absolute atomic E-state index is 0.494. The first-order chi connectivity index (χ1) is 15.8. The van der Waals surface area contributed by atoms with Gasteiger partial charge in [-0.2, -0.15) is 0 Å². The number of ether oxygens (including phenoxy) is 1. The molecule has 1 aromatic carbocycles. The van der Waals surface area contributed by atoms with Crippen molar-refractivity contribution in [2.45, 2.75) is 6.54 Å². The number of nitrogens with one attached hydrogen (secondary N) is 3. The second-order valence-electron chi connectivity index (χ2n) is 7.56. The Labute approximate surface area is 183 Å². The van der Waals surface area contributed by atoms with Crippen LogP contribution in [-0.2, 0) is 11.3 Å². The summed E-state index contributed by atoms with van der Waals surface area (Å²) in [5.74, 6) is 3.00. The summed E-state index contributed by atoms with van der Waals surface area (Å²) in [7, 11) is 0. The lowest BCUT2D eigenvalue weighted by atomic mass is 10.2. The summed E-state index contributed by atoms with van der Waals surface area (Å²) in [6, 6.07) is 12.0. The van der Waals surface area contributed by atoms with Crippen LogP contribution in [0.2, 0.25) is 0 Å². The van der Waals surface area contributed by atoms with E-state index in [2.05, 4.69) is 40.1 Å². The molecule has 10 heteroatoms. The highest BCUT2D eigenvalue weighted by atomic mass is 16.5. The number of anilines is 2. The second-order valence-corrected chi connectivity index (χ2v) is 7.56. The number of nitrogens with zero attached hydrogens (tertiary/aromatic N) is 6. The van der Waals surface area contributed by atoms with Crippen LogP contribution in [0.3, 0.4) is 0 Å². The molecule has 0 unspecified atom stereocenters. The fourth-order valence-electron chi connectivity index (χ4n) is 3.84. The Morgan fingerprint density at radius 2 is 1.91 bits per heavy atom. The van der Waals surface area contributed by atoms with Crippen LogP contribution in [0.4, 0.5) is 11.6 Å². The highest BCUT2D eigenvalue weighted by molar-refractivity contribution is 5.84. The minimum atomic E-state index is 0.494. The van der Waals surface area contributed by atoms with Crippen molar-refractivity contribution in [1.82, 2.24) is 34.9 Å². The predicted molar refractivity (Wildman–Crippen MR) is 121 cm³/mol. The van der Waals surface area contributed by atoms with Crippen molar-refractivity contribution in [2.24, 2.45) is 0 Å². The standard InChI is InChI=1S/C22H21N9O/c1-2-4-16-15(3-1)27-17(28-16)12-24-21-19-22(26-13-25-19)30-20(29-21)14-5-6-18(23-11-14)31-7-9-32-10-8-31/h1-6,11,13H,7-10,12H2,(H,27,28)(H2,24,25,26,29,30). The molecule has 5 aromatic rings. The Morgan fingerprint density at radius 1 is 1.00 bits per heavy atom. The van der Waals surface area contributed by atoms with Crippen molar-refractivity contribution < 1.29 is 4.74 Å². The first kappa shape index (κ1) is 18.7. The van der Waals surface area contributed by atoms with Crippen LogP contribution in [0.25, 0.3) is 33.6 Å². The maximum atomic E-state index is 5.42. The SMILES string of the molecule is c1ccc2[nH]c(CNc3nc(-c4ccc(N5CCOCC5)nc4)nc4nc[nH]c34)nc2c1. The monoisotopic (exact) mass is 427 g/mol. The Bertz CT molecular complexity index is 1340. The molecule has 3 N–H and O–H groups in total. The molecular weight excluding hydrogens is 406 g/mol. The molecule has 4 aromatic heterocycles. The van der Waals surface area contributed by atoms with E-state index < -0.39 is 0 Å². The zero-order valence-corrected chi connectivity index (χ0v) is 17.2. The molecule has 5 heterocycles. The molecule has 1 saturated heterocycles. The predicted octanol–water partition coefficient (Wildman–Crippen LogP) is 2.74. The molecule has 0 saturated carbocycles. The first-order valence-corrected chi connectivity index (χ1v) is 10.5. The van der Waals surface area contributed by atoms with Crippen LogP contribution in [0.15, 0.2) is 48.9 Å². The van der Waals surface area contributed by atoms with Gasteiger partial charge in [-0.05, 0) is 24.3 Å². The molecule has 10 nitrogen and oxygen atoms in total. The number of pyridine rings is 1. The van der Waals surface area contributed by atoms with E-state index in [9.17, 15) is 0 Å². The highest BCUT2D eigenvalue weighted by Gasteiger charge is 2.15. The fourth-order valence-corrected chi connectivity index (χ4v) is 3.84. The van der Waals surface area contributed by atoms with E-state index in [1.165, 1.54) is 0 Å². The number of aromatic nitrogens is 7. The van der Waals surface area contributed by atoms with E-state index >= 15 is 0 Å². The molecule has 1 aliphatic heterocycles. The van der Waals surface area contributed by atoms with Crippen LogP contribution in [0.1, 0.15) is 5.82 Å². The zero-order chi connectivity index (χ0) is 21.3. The molecular formula is C22H21N9O. The lowest BCUT2D eigenvalue weighted by molar-refractivity contribution is 0.122. The van der Waals surface area contributed by atoms with Crippen LogP contribution in [0, 0.1) is 0 Å². The van der Waals surface area contributed by atoms with E-state index in [1.54, 1.807) is 6.33 Å². The van der Waals surface area contributed by atoms with Gasteiger partial charge >= 0.3 is 0 Å². The van der Waals surface area contributed by atoms with Crippen molar-refractivity contribution in [3.63, 3.8) is 0 Å². The molecule has 6 rings (SSSR count). The summed E-state index contributed by atoms with van der Waals surface area (Å²) in [6.45, 7) is 3.63. The van der Waals surface area contributed by atoms with Gasteiger partial charge in [0.15, 0.2) is 17.3 Å². The number of rotatable bonds is 5. The summed E-state index contributed by atoms with van der Waals surface area (Å²) in [6.07, 6.45) is 3.43. The van der Waals surface area contributed by atoms with Gasteiger partial charge in [-0.15, -0.1) is 0 Å². The lowest BCUT2D eigenvalue weighted by Crippen LogP contribution is -2.36. The number of para-hydroxylation sites is 2. The van der Waals surface area contributed by atoms with Crippen LogP contribution >= 0.6 is 0 Å². The van der Waals surface area contributed by atoms with Crippen molar-refractivity contribution in [2.75, 3.05) is 36.5 Å². The Morgan fingerprint density at radius 3 is 2.75 bits per heavy atom. The summed E-state index contributed by atoms with van der Waals surface area (Å²) in [5, 5.41) is 3.37. The van der Waals surface area contributed by atoms with Crippen molar-refractivity contribution in [3.8, 4) is 11.4 Å². The van der Waals surface area contributed by atoms with Gasteiger partial charge in [0.25, 0.3) is 0 Å². The topological polar surface area (TPSA) is 121 Å². The van der Waals surface area contributed by atoms with Gasteiger partial charge in [0.1, 0.15) is 17.2 Å². The molecule has 0 amide bonds. The molecule has 0 atom stereocenters. The number of hydrogen-bond donors (Lipinski definition) is 3. The Kier molecular flexibility index (Phi) is 4.61. The number of benzene rings is 1. The molecule has 32 heavy (non-hydrogen) atoms. The summed E-state index contributed by atoms with van der Waals surface area (Å²) >= 11 is 0. The quantitative estimate of drug-likeness (QED) is 0.392. The average molecular weight is 427 g/mol. The van der Waals surface area contributed by atoms with Gasteiger partial charge in [0.05, 0.1) is 37.1 Å². The number of aromatic amines is 2. The van der Waals surface area contributed by atoms with Gasteiger partial charge in [0.2, 0.25) is 0 Å². The van der Waals surface area contributed by atoms with Crippen LogP contribution < -0.4 is 10.2 Å². The van der Waals surface area contributed by atoms with Crippen LogP contribution in [-0.4, -0.2) is 61.2 Å². The fraction of sp³-hybridized carbons (Fsp3) is 0.227. The minimum Gasteiger partial charge on any atom is -0.378 e. The third kappa shape index (κ3) is 3.50.